The number of carbonyl (C=O) groups is 1. The molecule has 4 nitrogen and oxygen atoms in total. The van der Waals surface area contributed by atoms with Crippen LogP contribution >= 0.6 is 0 Å². The fourth-order valence-electron chi connectivity index (χ4n) is 3.14. The number of ether oxygens (including phenoxy) is 1. The summed E-state index contributed by atoms with van der Waals surface area (Å²) in [7, 11) is 0. The van der Waals surface area contributed by atoms with E-state index in [9.17, 15) is 4.79 Å². The molecule has 2 unspecified atom stereocenters. The van der Waals surface area contributed by atoms with Crippen LogP contribution in [0.5, 0.6) is 5.75 Å². The lowest BCUT2D eigenvalue weighted by Crippen LogP contribution is -2.23. The summed E-state index contributed by atoms with van der Waals surface area (Å²) in [6.07, 6.45) is 2.59. The second-order valence-electron chi connectivity index (χ2n) is 6.45. The van der Waals surface area contributed by atoms with E-state index < -0.39 is 0 Å². The number of hydrogen-bond acceptors (Lipinski definition) is 3. The average Bonchev–Trinajstić information content (AvgIpc) is 3.03. The molecule has 0 radical (unpaired) electrons. The predicted octanol–water partition coefficient (Wildman–Crippen LogP) is 3.64. The lowest BCUT2D eigenvalue weighted by atomic mass is 10.0. The van der Waals surface area contributed by atoms with Crippen LogP contribution in [0.4, 0.5) is 5.69 Å². The van der Waals surface area contributed by atoms with Crippen LogP contribution in [0.15, 0.2) is 48.5 Å². The lowest BCUT2D eigenvalue weighted by Gasteiger charge is -2.15. The number of rotatable bonds is 5. The Bertz CT molecular complexity index is 700. The second kappa shape index (κ2) is 7.49. The highest BCUT2D eigenvalue weighted by molar-refractivity contribution is 5.93. The van der Waals surface area contributed by atoms with Crippen LogP contribution in [-0.4, -0.2) is 11.9 Å². The molecule has 2 atom stereocenters. The molecule has 0 bridgehead atoms. The summed E-state index contributed by atoms with van der Waals surface area (Å²) in [5.41, 5.74) is 8.88. The number of nitrogens with one attached hydrogen (secondary N) is 1. The Morgan fingerprint density at radius 3 is 2.67 bits per heavy atom. The van der Waals surface area contributed by atoms with E-state index in [0.717, 1.165) is 41.8 Å². The first-order valence-corrected chi connectivity index (χ1v) is 8.46. The molecule has 4 heteroatoms. The number of hydrogen-bond donors (Lipinski definition) is 2. The van der Waals surface area contributed by atoms with Crippen molar-refractivity contribution >= 4 is 11.6 Å². The maximum atomic E-state index is 12.4. The highest BCUT2D eigenvalue weighted by Gasteiger charge is 2.28. The molecule has 1 fully saturated rings. The quantitative estimate of drug-likeness (QED) is 0.882. The zero-order chi connectivity index (χ0) is 16.9. The molecule has 126 valence electrons. The third-order valence-corrected chi connectivity index (χ3v) is 4.69. The zero-order valence-corrected chi connectivity index (χ0v) is 14.0. The maximum absolute atomic E-state index is 12.4. The molecule has 2 aromatic carbocycles. The maximum Gasteiger partial charge on any atom is 0.227 e. The molecule has 0 spiro atoms. The van der Waals surface area contributed by atoms with E-state index in [0.29, 0.717) is 6.61 Å². The first-order chi connectivity index (χ1) is 11.6. The molecule has 3 N–H and O–H groups in total. The number of carbonyl (C=O) groups excluding carboxylic acids is 1. The van der Waals surface area contributed by atoms with Gasteiger partial charge in [-0.2, -0.15) is 0 Å². The molecule has 1 saturated carbocycles. The molecule has 0 aromatic heterocycles. The summed E-state index contributed by atoms with van der Waals surface area (Å²) < 4.78 is 5.82. The molecule has 3 rings (SSSR count). The van der Waals surface area contributed by atoms with Crippen LogP contribution in [0.2, 0.25) is 0 Å². The SMILES string of the molecule is Cc1c(COc2ccccc2)cccc1NC(=O)C1CCC(N)C1. The molecule has 1 aliphatic rings. The number of benzene rings is 2. The van der Waals surface area contributed by atoms with Gasteiger partial charge in [-0.25, -0.2) is 0 Å². The Balaban J connectivity index is 1.65. The highest BCUT2D eigenvalue weighted by Crippen LogP contribution is 2.27. The Labute approximate surface area is 143 Å². The van der Waals surface area contributed by atoms with Crippen molar-refractivity contribution in [3.05, 3.63) is 59.7 Å². The third-order valence-electron chi connectivity index (χ3n) is 4.69. The molecule has 2 aromatic rings. The van der Waals surface area contributed by atoms with Crippen molar-refractivity contribution in [3.63, 3.8) is 0 Å². The van der Waals surface area contributed by atoms with Crippen molar-refractivity contribution < 1.29 is 9.53 Å². The van der Waals surface area contributed by atoms with Crippen LogP contribution < -0.4 is 15.8 Å². The van der Waals surface area contributed by atoms with Gasteiger partial charge in [-0.1, -0.05) is 30.3 Å². The van der Waals surface area contributed by atoms with Crippen molar-refractivity contribution in [2.75, 3.05) is 5.32 Å². The predicted molar refractivity (Wildman–Crippen MR) is 95.9 cm³/mol. The van der Waals surface area contributed by atoms with Crippen molar-refractivity contribution in [2.45, 2.75) is 38.8 Å². The summed E-state index contributed by atoms with van der Waals surface area (Å²) in [6.45, 7) is 2.49. The van der Waals surface area contributed by atoms with Crippen molar-refractivity contribution in [3.8, 4) is 5.75 Å². The topological polar surface area (TPSA) is 64.3 Å². The Kier molecular flexibility index (Phi) is 5.16. The first-order valence-electron chi connectivity index (χ1n) is 8.46. The van der Waals surface area contributed by atoms with E-state index in [1.54, 1.807) is 0 Å². The van der Waals surface area contributed by atoms with Gasteiger partial charge in [0, 0.05) is 17.6 Å². The molecule has 0 heterocycles. The van der Waals surface area contributed by atoms with Gasteiger partial charge in [0.25, 0.3) is 0 Å². The van der Waals surface area contributed by atoms with Gasteiger partial charge in [0.2, 0.25) is 5.91 Å². The molecule has 0 saturated heterocycles. The molecule has 0 aliphatic heterocycles. The van der Waals surface area contributed by atoms with Gasteiger partial charge in [-0.15, -0.1) is 0 Å². The number of amides is 1. The highest BCUT2D eigenvalue weighted by atomic mass is 16.5. The van der Waals surface area contributed by atoms with Crippen LogP contribution in [-0.2, 0) is 11.4 Å². The lowest BCUT2D eigenvalue weighted by molar-refractivity contribution is -0.119. The van der Waals surface area contributed by atoms with Gasteiger partial charge >= 0.3 is 0 Å². The Hall–Kier alpha value is -2.33. The van der Waals surface area contributed by atoms with Gasteiger partial charge < -0.3 is 15.8 Å². The van der Waals surface area contributed by atoms with E-state index in [4.69, 9.17) is 10.5 Å². The first kappa shape index (κ1) is 16.5. The molecule has 1 amide bonds. The van der Waals surface area contributed by atoms with Crippen molar-refractivity contribution in [2.24, 2.45) is 11.7 Å². The van der Waals surface area contributed by atoms with Crippen LogP contribution in [0.25, 0.3) is 0 Å². The largest absolute Gasteiger partial charge is 0.489 e. The van der Waals surface area contributed by atoms with Crippen LogP contribution in [0.1, 0.15) is 30.4 Å². The molecular formula is C20H24N2O2. The fraction of sp³-hybridized carbons (Fsp3) is 0.350. The number of para-hydroxylation sites is 1. The summed E-state index contributed by atoms with van der Waals surface area (Å²) >= 11 is 0. The van der Waals surface area contributed by atoms with E-state index in [1.807, 2.05) is 55.5 Å². The monoisotopic (exact) mass is 324 g/mol. The molecular weight excluding hydrogens is 300 g/mol. The minimum Gasteiger partial charge on any atom is -0.489 e. The standard InChI is InChI=1S/C20H24N2O2/c1-14-16(13-24-18-7-3-2-4-8-18)6-5-9-19(14)22-20(23)15-10-11-17(21)12-15/h2-9,15,17H,10-13,21H2,1H3,(H,22,23). The summed E-state index contributed by atoms with van der Waals surface area (Å²) in [5.74, 6) is 0.946. The minimum absolute atomic E-state index is 0.0311. The third kappa shape index (κ3) is 3.95. The number of nitrogens with two attached hydrogens (primary N) is 1. The fourth-order valence-corrected chi connectivity index (χ4v) is 3.14. The van der Waals surface area contributed by atoms with Crippen LogP contribution in [0.3, 0.4) is 0 Å². The Morgan fingerprint density at radius 1 is 1.17 bits per heavy atom. The van der Waals surface area contributed by atoms with E-state index in [2.05, 4.69) is 5.32 Å². The normalized spacial score (nSPS) is 19.9. The molecule has 24 heavy (non-hydrogen) atoms. The minimum atomic E-state index is 0.0311. The van der Waals surface area contributed by atoms with Crippen molar-refractivity contribution in [1.29, 1.82) is 0 Å². The van der Waals surface area contributed by atoms with E-state index >= 15 is 0 Å². The molecule has 1 aliphatic carbocycles. The number of anilines is 1. The van der Waals surface area contributed by atoms with E-state index in [1.165, 1.54) is 0 Å². The smallest absolute Gasteiger partial charge is 0.227 e. The van der Waals surface area contributed by atoms with Gasteiger partial charge in [0.15, 0.2) is 0 Å². The van der Waals surface area contributed by atoms with Crippen molar-refractivity contribution in [1.82, 2.24) is 0 Å². The van der Waals surface area contributed by atoms with Gasteiger partial charge in [-0.3, -0.25) is 4.79 Å². The van der Waals surface area contributed by atoms with Gasteiger partial charge in [0.05, 0.1) is 0 Å². The van der Waals surface area contributed by atoms with Crippen LogP contribution in [0, 0.1) is 12.8 Å². The van der Waals surface area contributed by atoms with Gasteiger partial charge in [0.1, 0.15) is 12.4 Å². The zero-order valence-electron chi connectivity index (χ0n) is 14.0. The summed E-state index contributed by atoms with van der Waals surface area (Å²) in [6, 6.07) is 15.8. The second-order valence-corrected chi connectivity index (χ2v) is 6.45. The van der Waals surface area contributed by atoms with Gasteiger partial charge in [-0.05, 0) is 55.5 Å². The summed E-state index contributed by atoms with van der Waals surface area (Å²) in [4.78, 5) is 12.4. The Morgan fingerprint density at radius 2 is 1.96 bits per heavy atom. The van der Waals surface area contributed by atoms with E-state index in [-0.39, 0.29) is 17.9 Å². The summed E-state index contributed by atoms with van der Waals surface area (Å²) in [5, 5.41) is 3.06. The average molecular weight is 324 g/mol.